The van der Waals surface area contributed by atoms with Crippen molar-refractivity contribution in [3.63, 3.8) is 0 Å². The van der Waals surface area contributed by atoms with E-state index in [9.17, 15) is 0 Å². The summed E-state index contributed by atoms with van der Waals surface area (Å²) >= 11 is 0. The van der Waals surface area contributed by atoms with Crippen LogP contribution in [0.2, 0.25) is 0 Å². The number of hydrogen-bond acceptors (Lipinski definition) is 2. The molecule has 1 aliphatic heterocycles. The Bertz CT molecular complexity index is 841. The maximum Gasteiger partial charge on any atom is 0.134 e. The van der Waals surface area contributed by atoms with Gasteiger partial charge in [-0.1, -0.05) is 97.6 Å². The van der Waals surface area contributed by atoms with E-state index in [1.165, 1.54) is 23.1 Å². The van der Waals surface area contributed by atoms with Gasteiger partial charge in [0.2, 0.25) is 0 Å². The summed E-state index contributed by atoms with van der Waals surface area (Å²) in [6.45, 7) is 5.42. The van der Waals surface area contributed by atoms with Gasteiger partial charge in [0, 0.05) is 6.04 Å². The second-order valence-corrected chi connectivity index (χ2v) is 7.35. The molecule has 1 atom stereocenters. The number of nitrogens with one attached hydrogen (secondary N) is 1. The summed E-state index contributed by atoms with van der Waals surface area (Å²) in [4.78, 5) is 0. The van der Waals surface area contributed by atoms with E-state index in [0.29, 0.717) is 6.61 Å². The number of hydrogen-bond donors (Lipinski definition) is 1. The number of ether oxygens (including phenoxy) is 1. The van der Waals surface area contributed by atoms with E-state index in [1.54, 1.807) is 0 Å². The second-order valence-electron chi connectivity index (χ2n) is 7.35. The van der Waals surface area contributed by atoms with Gasteiger partial charge in [0.1, 0.15) is 5.60 Å². The predicted octanol–water partition coefficient (Wildman–Crippen LogP) is 5.54. The van der Waals surface area contributed by atoms with Gasteiger partial charge in [0.25, 0.3) is 0 Å². The summed E-state index contributed by atoms with van der Waals surface area (Å²) in [5.74, 6) is 0. The molecule has 1 heterocycles. The number of benzene rings is 3. The maximum absolute atomic E-state index is 6.86. The molecule has 4 rings (SSSR count). The Hall–Kier alpha value is -2.68. The molecule has 2 heteroatoms. The minimum absolute atomic E-state index is 0.241. The van der Waals surface area contributed by atoms with Crippen molar-refractivity contribution in [2.24, 2.45) is 0 Å². The van der Waals surface area contributed by atoms with Crippen molar-refractivity contribution in [1.29, 1.82) is 0 Å². The lowest BCUT2D eigenvalue weighted by molar-refractivity contribution is -0.0533. The molecule has 1 fully saturated rings. The van der Waals surface area contributed by atoms with Gasteiger partial charge in [-0.3, -0.25) is 0 Å². The highest BCUT2D eigenvalue weighted by atomic mass is 16.5. The van der Waals surface area contributed by atoms with Crippen LogP contribution < -0.4 is 5.32 Å². The first kappa shape index (κ1) is 18.7. The van der Waals surface area contributed by atoms with Crippen LogP contribution in [0.25, 0.3) is 6.08 Å². The molecule has 0 radical (unpaired) electrons. The minimum Gasteiger partial charge on any atom is -0.359 e. The van der Waals surface area contributed by atoms with E-state index < -0.39 is 5.60 Å². The lowest BCUT2D eigenvalue weighted by Crippen LogP contribution is -2.48. The molecular formula is C26H27NO. The monoisotopic (exact) mass is 369 g/mol. The van der Waals surface area contributed by atoms with Gasteiger partial charge >= 0.3 is 0 Å². The summed E-state index contributed by atoms with van der Waals surface area (Å²) in [5.41, 5.74) is 4.17. The van der Waals surface area contributed by atoms with Crippen LogP contribution >= 0.6 is 0 Å². The first-order valence-electron chi connectivity index (χ1n) is 10.0. The first-order valence-corrected chi connectivity index (χ1v) is 10.0. The molecule has 142 valence electrons. The normalized spacial score (nSPS) is 16.8. The molecule has 0 amide bonds. The third kappa shape index (κ3) is 3.66. The van der Waals surface area contributed by atoms with Gasteiger partial charge in [0.05, 0.1) is 6.61 Å². The summed E-state index contributed by atoms with van der Waals surface area (Å²) in [7, 11) is 0. The van der Waals surface area contributed by atoms with Crippen LogP contribution in [-0.2, 0) is 16.9 Å². The van der Waals surface area contributed by atoms with E-state index in [0.717, 1.165) is 18.5 Å². The highest BCUT2D eigenvalue weighted by molar-refractivity contribution is 5.47. The molecule has 0 saturated carbocycles. The Morgan fingerprint density at radius 1 is 0.893 bits per heavy atom. The fraction of sp³-hybridized carbons (Fsp3) is 0.231. The van der Waals surface area contributed by atoms with Gasteiger partial charge < -0.3 is 10.1 Å². The Morgan fingerprint density at radius 3 is 2.00 bits per heavy atom. The van der Waals surface area contributed by atoms with Crippen LogP contribution in [0.5, 0.6) is 0 Å². The van der Waals surface area contributed by atoms with Gasteiger partial charge in [-0.15, -0.1) is 0 Å². The van der Waals surface area contributed by atoms with Crippen LogP contribution in [0.1, 0.15) is 35.1 Å². The van der Waals surface area contributed by atoms with Crippen LogP contribution in [0, 0.1) is 0 Å². The van der Waals surface area contributed by atoms with E-state index in [-0.39, 0.29) is 6.04 Å². The van der Waals surface area contributed by atoms with Crippen LogP contribution in [0.15, 0.2) is 91.5 Å². The van der Waals surface area contributed by atoms with Gasteiger partial charge in [-0.2, -0.15) is 0 Å². The van der Waals surface area contributed by atoms with E-state index in [1.807, 2.05) is 6.08 Å². The average molecular weight is 370 g/mol. The standard InChI is InChI=1S/C26H27NO/c1-2-21-15-17-22(18-16-21)20-28-26(25-14-9-19-27-25,23-10-5-3-6-11-23)24-12-7-4-8-13-24/h2-8,10-13,15-18,25,27H,1,9,14,19-20H2/t25-/m0/s1. The molecular weight excluding hydrogens is 342 g/mol. The molecule has 2 nitrogen and oxygen atoms in total. The molecule has 1 aliphatic rings. The zero-order valence-electron chi connectivity index (χ0n) is 16.2. The molecule has 28 heavy (non-hydrogen) atoms. The summed E-state index contributed by atoms with van der Waals surface area (Å²) < 4.78 is 6.86. The zero-order valence-corrected chi connectivity index (χ0v) is 16.2. The van der Waals surface area contributed by atoms with Crippen molar-refractivity contribution in [2.75, 3.05) is 6.54 Å². The van der Waals surface area contributed by atoms with Crippen LogP contribution in [0.3, 0.4) is 0 Å². The van der Waals surface area contributed by atoms with Gasteiger partial charge in [-0.25, -0.2) is 0 Å². The van der Waals surface area contributed by atoms with Gasteiger partial charge in [0.15, 0.2) is 0 Å². The lowest BCUT2D eigenvalue weighted by atomic mass is 9.79. The van der Waals surface area contributed by atoms with Crippen molar-refractivity contribution < 1.29 is 4.74 Å². The molecule has 1 N–H and O–H groups in total. The smallest absolute Gasteiger partial charge is 0.134 e. The summed E-state index contributed by atoms with van der Waals surface area (Å²) in [6, 6.07) is 30.0. The van der Waals surface area contributed by atoms with Crippen LogP contribution in [0.4, 0.5) is 0 Å². The topological polar surface area (TPSA) is 21.3 Å². The third-order valence-corrected chi connectivity index (χ3v) is 5.64. The Labute approximate surface area is 167 Å². The molecule has 3 aromatic rings. The second kappa shape index (κ2) is 8.55. The third-order valence-electron chi connectivity index (χ3n) is 5.64. The lowest BCUT2D eigenvalue weighted by Gasteiger charge is -2.40. The van der Waals surface area contributed by atoms with Crippen molar-refractivity contribution in [1.82, 2.24) is 5.32 Å². The van der Waals surface area contributed by atoms with Crippen molar-refractivity contribution >= 4 is 6.08 Å². The molecule has 0 aromatic heterocycles. The Balaban J connectivity index is 1.76. The van der Waals surface area contributed by atoms with Crippen LogP contribution in [-0.4, -0.2) is 12.6 Å². The fourth-order valence-electron chi connectivity index (χ4n) is 4.19. The van der Waals surface area contributed by atoms with Gasteiger partial charge in [-0.05, 0) is 41.6 Å². The molecule has 0 spiro atoms. The highest BCUT2D eigenvalue weighted by Crippen LogP contribution is 2.41. The molecule has 0 unspecified atom stereocenters. The van der Waals surface area contributed by atoms with E-state index >= 15 is 0 Å². The Morgan fingerprint density at radius 2 is 1.50 bits per heavy atom. The maximum atomic E-state index is 6.86. The average Bonchev–Trinajstić information content (AvgIpc) is 3.31. The molecule has 3 aromatic carbocycles. The van der Waals surface area contributed by atoms with Crippen molar-refractivity contribution in [3.8, 4) is 0 Å². The SMILES string of the molecule is C=Cc1ccc(COC(c2ccccc2)(c2ccccc2)[C@@H]2CCCN2)cc1. The molecule has 0 aliphatic carbocycles. The summed E-state index contributed by atoms with van der Waals surface area (Å²) in [6.07, 6.45) is 4.13. The minimum atomic E-state index is -0.518. The van der Waals surface area contributed by atoms with E-state index in [2.05, 4.69) is 96.8 Å². The largest absolute Gasteiger partial charge is 0.359 e. The molecule has 0 bridgehead atoms. The zero-order chi connectivity index (χ0) is 19.2. The number of rotatable bonds is 7. The van der Waals surface area contributed by atoms with E-state index in [4.69, 9.17) is 4.74 Å². The highest BCUT2D eigenvalue weighted by Gasteiger charge is 2.44. The quantitative estimate of drug-likeness (QED) is 0.590. The van der Waals surface area contributed by atoms with Crippen molar-refractivity contribution in [3.05, 3.63) is 114 Å². The molecule has 1 saturated heterocycles. The predicted molar refractivity (Wildman–Crippen MR) is 116 cm³/mol. The first-order chi connectivity index (χ1) is 13.8. The summed E-state index contributed by atoms with van der Waals surface area (Å²) in [5, 5.41) is 3.71. The Kier molecular flexibility index (Phi) is 5.70. The fourth-order valence-corrected chi connectivity index (χ4v) is 4.19. The van der Waals surface area contributed by atoms with Crippen molar-refractivity contribution in [2.45, 2.75) is 31.1 Å².